The first-order chi connectivity index (χ1) is 11.2. The maximum Gasteiger partial charge on any atom is 0.417 e. The Labute approximate surface area is 133 Å². The molecule has 0 saturated heterocycles. The number of amides is 1. The molecule has 0 unspecified atom stereocenters. The zero-order chi connectivity index (χ0) is 16.1. The zero-order valence-corrected chi connectivity index (χ0v) is 12.7. The van der Waals surface area contributed by atoms with Crippen LogP contribution in [0.1, 0.15) is 17.5 Å². The average Bonchev–Trinajstić information content (AvgIpc) is 2.93. The monoisotopic (exact) mass is 310 g/mol. The van der Waals surface area contributed by atoms with Gasteiger partial charge in [0.2, 0.25) is 5.91 Å². The van der Waals surface area contributed by atoms with Gasteiger partial charge in [-0.2, -0.15) is 0 Å². The first-order valence-electron chi connectivity index (χ1n) is 7.63. The van der Waals surface area contributed by atoms with Crippen molar-refractivity contribution in [2.75, 3.05) is 6.54 Å². The lowest BCUT2D eigenvalue weighted by molar-refractivity contribution is -0.121. The minimum atomic E-state index is -0.462. The molecule has 3 rings (SSSR count). The summed E-state index contributed by atoms with van der Waals surface area (Å²) in [4.78, 5) is 25.6. The minimum Gasteiger partial charge on any atom is -0.408 e. The normalized spacial score (nSPS) is 10.8. The molecule has 1 heterocycles. The summed E-state index contributed by atoms with van der Waals surface area (Å²) in [5.41, 5.74) is 3.40. The van der Waals surface area contributed by atoms with Crippen LogP contribution in [0.2, 0.25) is 0 Å². The van der Waals surface area contributed by atoms with Crippen molar-refractivity contribution >= 4 is 17.0 Å². The van der Waals surface area contributed by atoms with Gasteiger partial charge in [-0.1, -0.05) is 36.4 Å². The molecule has 0 spiro atoms. The molecular formula is C18H18N2O3. The molecule has 118 valence electrons. The van der Waals surface area contributed by atoms with Crippen molar-refractivity contribution in [3.63, 3.8) is 0 Å². The van der Waals surface area contributed by atoms with Gasteiger partial charge in [0.25, 0.3) is 0 Å². The van der Waals surface area contributed by atoms with Crippen LogP contribution in [-0.4, -0.2) is 17.4 Å². The van der Waals surface area contributed by atoms with Crippen molar-refractivity contribution in [3.8, 4) is 0 Å². The van der Waals surface area contributed by atoms with Crippen molar-refractivity contribution in [2.24, 2.45) is 0 Å². The molecule has 2 aromatic carbocycles. The number of rotatable bonds is 6. The second-order valence-corrected chi connectivity index (χ2v) is 5.43. The molecule has 0 bridgehead atoms. The van der Waals surface area contributed by atoms with E-state index in [0.717, 1.165) is 12.0 Å². The lowest BCUT2D eigenvalue weighted by Crippen LogP contribution is -2.25. The lowest BCUT2D eigenvalue weighted by atomic mass is 10.1. The van der Waals surface area contributed by atoms with Gasteiger partial charge in [0, 0.05) is 13.0 Å². The van der Waals surface area contributed by atoms with Crippen LogP contribution < -0.4 is 11.1 Å². The molecule has 5 nitrogen and oxygen atoms in total. The Bertz CT molecular complexity index is 849. The molecule has 0 atom stereocenters. The quantitative estimate of drug-likeness (QED) is 0.734. The van der Waals surface area contributed by atoms with Crippen molar-refractivity contribution in [3.05, 3.63) is 70.2 Å². The van der Waals surface area contributed by atoms with E-state index >= 15 is 0 Å². The summed E-state index contributed by atoms with van der Waals surface area (Å²) in [6.45, 7) is 0.636. The van der Waals surface area contributed by atoms with E-state index in [9.17, 15) is 9.59 Å². The second-order valence-electron chi connectivity index (χ2n) is 5.43. The van der Waals surface area contributed by atoms with Crippen LogP contribution >= 0.6 is 0 Å². The summed E-state index contributed by atoms with van der Waals surface area (Å²) in [5.74, 6) is -0.433. The molecule has 0 radical (unpaired) electrons. The van der Waals surface area contributed by atoms with Crippen LogP contribution in [0.15, 0.2) is 57.7 Å². The summed E-state index contributed by atoms with van der Waals surface area (Å²) in [5, 5.41) is 2.93. The van der Waals surface area contributed by atoms with Gasteiger partial charge in [0.15, 0.2) is 5.58 Å². The number of aromatic amines is 1. The second kappa shape index (κ2) is 6.96. The van der Waals surface area contributed by atoms with Crippen molar-refractivity contribution < 1.29 is 9.21 Å². The Balaban J connectivity index is 1.47. The van der Waals surface area contributed by atoms with Crippen molar-refractivity contribution in [2.45, 2.75) is 19.3 Å². The SMILES string of the molecule is O=C(CCc1ccc2oc(=O)[nH]c2c1)NCCc1ccccc1. The van der Waals surface area contributed by atoms with E-state index in [4.69, 9.17) is 4.42 Å². The van der Waals surface area contributed by atoms with Gasteiger partial charge >= 0.3 is 5.76 Å². The Morgan fingerprint density at radius 3 is 2.70 bits per heavy atom. The van der Waals surface area contributed by atoms with Gasteiger partial charge < -0.3 is 9.73 Å². The lowest BCUT2D eigenvalue weighted by Gasteiger charge is -2.05. The third-order valence-electron chi connectivity index (χ3n) is 3.70. The fourth-order valence-electron chi connectivity index (χ4n) is 2.49. The molecule has 1 amide bonds. The van der Waals surface area contributed by atoms with Crippen LogP contribution in [0, 0.1) is 0 Å². The number of aromatic nitrogens is 1. The number of fused-ring (bicyclic) bond motifs is 1. The van der Waals surface area contributed by atoms with Gasteiger partial charge in [-0.05, 0) is 36.1 Å². The molecular weight excluding hydrogens is 292 g/mol. The predicted octanol–water partition coefficient (Wildman–Crippen LogP) is 2.41. The third-order valence-corrected chi connectivity index (χ3v) is 3.70. The van der Waals surface area contributed by atoms with E-state index in [1.54, 1.807) is 6.07 Å². The number of nitrogens with one attached hydrogen (secondary N) is 2. The molecule has 0 aliphatic rings. The predicted molar refractivity (Wildman–Crippen MR) is 88.3 cm³/mol. The van der Waals surface area contributed by atoms with E-state index in [1.807, 2.05) is 42.5 Å². The number of H-pyrrole nitrogens is 1. The summed E-state index contributed by atoms with van der Waals surface area (Å²) >= 11 is 0. The van der Waals surface area contributed by atoms with Crippen LogP contribution in [0.3, 0.4) is 0 Å². The number of carbonyl (C=O) groups excluding carboxylic acids is 1. The number of carbonyl (C=O) groups is 1. The topological polar surface area (TPSA) is 75.1 Å². The highest BCUT2D eigenvalue weighted by Crippen LogP contribution is 2.13. The highest BCUT2D eigenvalue weighted by molar-refractivity contribution is 5.77. The van der Waals surface area contributed by atoms with Crippen molar-refractivity contribution in [1.82, 2.24) is 10.3 Å². The van der Waals surface area contributed by atoms with E-state index in [-0.39, 0.29) is 5.91 Å². The Kier molecular flexibility index (Phi) is 4.57. The van der Waals surface area contributed by atoms with Gasteiger partial charge in [-0.15, -0.1) is 0 Å². The molecule has 23 heavy (non-hydrogen) atoms. The standard InChI is InChI=1S/C18H18N2O3/c21-17(19-11-10-13-4-2-1-3-5-13)9-7-14-6-8-16-15(12-14)20-18(22)23-16/h1-6,8,12H,7,9-11H2,(H,19,21)(H,20,22). The minimum absolute atomic E-state index is 0.0294. The maximum atomic E-state index is 11.9. The fraction of sp³-hybridized carbons (Fsp3) is 0.222. The summed E-state index contributed by atoms with van der Waals surface area (Å²) in [6, 6.07) is 15.5. The number of oxazole rings is 1. The smallest absolute Gasteiger partial charge is 0.408 e. The molecule has 3 aromatic rings. The highest BCUT2D eigenvalue weighted by Gasteiger charge is 2.05. The number of hydrogen-bond acceptors (Lipinski definition) is 3. The van der Waals surface area contributed by atoms with E-state index in [0.29, 0.717) is 30.5 Å². The van der Waals surface area contributed by atoms with E-state index in [2.05, 4.69) is 10.3 Å². The molecule has 0 aliphatic heterocycles. The molecule has 0 aliphatic carbocycles. The van der Waals surface area contributed by atoms with Crippen LogP contribution in [-0.2, 0) is 17.6 Å². The summed E-state index contributed by atoms with van der Waals surface area (Å²) in [6.07, 6.45) is 1.87. The first kappa shape index (κ1) is 15.1. The Morgan fingerprint density at radius 1 is 1.04 bits per heavy atom. The zero-order valence-electron chi connectivity index (χ0n) is 12.7. The fourth-order valence-corrected chi connectivity index (χ4v) is 2.49. The van der Waals surface area contributed by atoms with Gasteiger partial charge in [-0.25, -0.2) is 4.79 Å². The molecule has 2 N–H and O–H groups in total. The largest absolute Gasteiger partial charge is 0.417 e. The third kappa shape index (κ3) is 4.10. The summed E-state index contributed by atoms with van der Waals surface area (Å²) < 4.78 is 4.95. The first-order valence-corrected chi connectivity index (χ1v) is 7.63. The Hall–Kier alpha value is -2.82. The molecule has 0 fully saturated rings. The average molecular weight is 310 g/mol. The number of aryl methyl sites for hydroxylation is 1. The number of benzene rings is 2. The van der Waals surface area contributed by atoms with Gasteiger partial charge in [-0.3, -0.25) is 9.78 Å². The van der Waals surface area contributed by atoms with Crippen LogP contribution in [0.4, 0.5) is 0 Å². The van der Waals surface area contributed by atoms with Gasteiger partial charge in [0.1, 0.15) is 0 Å². The highest BCUT2D eigenvalue weighted by atomic mass is 16.4. The van der Waals surface area contributed by atoms with E-state index in [1.165, 1.54) is 5.56 Å². The number of hydrogen-bond donors (Lipinski definition) is 2. The van der Waals surface area contributed by atoms with Crippen LogP contribution in [0.5, 0.6) is 0 Å². The molecule has 5 heteroatoms. The maximum absolute atomic E-state index is 11.9. The molecule has 0 saturated carbocycles. The van der Waals surface area contributed by atoms with E-state index < -0.39 is 5.76 Å². The van der Waals surface area contributed by atoms with Crippen LogP contribution in [0.25, 0.3) is 11.1 Å². The summed E-state index contributed by atoms with van der Waals surface area (Å²) in [7, 11) is 0. The van der Waals surface area contributed by atoms with Crippen molar-refractivity contribution in [1.29, 1.82) is 0 Å². The molecule has 1 aromatic heterocycles. The Morgan fingerprint density at radius 2 is 1.87 bits per heavy atom. The van der Waals surface area contributed by atoms with Gasteiger partial charge in [0.05, 0.1) is 5.52 Å².